The third-order valence-electron chi connectivity index (χ3n) is 3.20. The smallest absolute Gasteiger partial charge is 0.133 e. The van der Waals surface area contributed by atoms with Gasteiger partial charge in [-0.15, -0.1) is 11.6 Å². The van der Waals surface area contributed by atoms with Gasteiger partial charge in [0.15, 0.2) is 0 Å². The SMILES string of the molecule is COc1cc(C(Cl)Cc2ccccc2Cl)c(OC)cc1Br. The largest absolute Gasteiger partial charge is 0.496 e. The van der Waals surface area contributed by atoms with Crippen molar-refractivity contribution in [3.05, 3.63) is 57.0 Å². The molecule has 0 heterocycles. The van der Waals surface area contributed by atoms with Gasteiger partial charge in [0.25, 0.3) is 0 Å². The summed E-state index contributed by atoms with van der Waals surface area (Å²) < 4.78 is 11.6. The molecule has 0 spiro atoms. The highest BCUT2D eigenvalue weighted by molar-refractivity contribution is 9.10. The zero-order valence-corrected chi connectivity index (χ0v) is 14.8. The summed E-state index contributed by atoms with van der Waals surface area (Å²) in [5.74, 6) is 1.44. The van der Waals surface area contributed by atoms with Crippen molar-refractivity contribution in [1.82, 2.24) is 0 Å². The number of hydrogen-bond acceptors (Lipinski definition) is 2. The summed E-state index contributed by atoms with van der Waals surface area (Å²) in [4.78, 5) is 0. The maximum atomic E-state index is 6.57. The number of hydrogen-bond donors (Lipinski definition) is 0. The van der Waals surface area contributed by atoms with Crippen molar-refractivity contribution in [2.75, 3.05) is 14.2 Å². The molecule has 1 atom stereocenters. The molecule has 0 saturated heterocycles. The summed E-state index contributed by atoms with van der Waals surface area (Å²) in [6.07, 6.45) is 0.613. The number of benzene rings is 2. The number of alkyl halides is 1. The molecule has 0 fully saturated rings. The molecule has 5 heteroatoms. The second-order valence-electron chi connectivity index (χ2n) is 4.49. The van der Waals surface area contributed by atoms with Crippen LogP contribution in [0.15, 0.2) is 40.9 Å². The fourth-order valence-electron chi connectivity index (χ4n) is 2.10. The zero-order chi connectivity index (χ0) is 15.4. The first-order valence-corrected chi connectivity index (χ1v) is 7.96. The molecular weight excluding hydrogens is 375 g/mol. The Bertz CT molecular complexity index is 632. The Kier molecular flexibility index (Phi) is 5.80. The predicted molar refractivity (Wildman–Crippen MR) is 91.0 cm³/mol. The number of ether oxygens (including phenoxy) is 2. The zero-order valence-electron chi connectivity index (χ0n) is 11.7. The van der Waals surface area contributed by atoms with E-state index in [1.165, 1.54) is 0 Å². The van der Waals surface area contributed by atoms with Gasteiger partial charge in [-0.25, -0.2) is 0 Å². The second kappa shape index (κ2) is 7.39. The molecule has 0 aliphatic carbocycles. The molecule has 0 amide bonds. The molecule has 1 unspecified atom stereocenters. The van der Waals surface area contributed by atoms with Gasteiger partial charge in [0.1, 0.15) is 11.5 Å². The molecule has 0 radical (unpaired) electrons. The van der Waals surface area contributed by atoms with Crippen LogP contribution in [0.1, 0.15) is 16.5 Å². The summed E-state index contributed by atoms with van der Waals surface area (Å²) >= 11 is 16.2. The van der Waals surface area contributed by atoms with Gasteiger partial charge in [-0.05, 0) is 46.1 Å². The maximum absolute atomic E-state index is 6.57. The van der Waals surface area contributed by atoms with Crippen molar-refractivity contribution >= 4 is 39.1 Å². The Hall–Kier alpha value is -0.900. The molecule has 0 aromatic heterocycles. The Morgan fingerprint density at radius 3 is 2.38 bits per heavy atom. The maximum Gasteiger partial charge on any atom is 0.133 e. The molecule has 2 aromatic carbocycles. The van der Waals surface area contributed by atoms with E-state index in [9.17, 15) is 0 Å². The van der Waals surface area contributed by atoms with E-state index in [1.54, 1.807) is 14.2 Å². The lowest BCUT2D eigenvalue weighted by molar-refractivity contribution is 0.396. The molecule has 2 rings (SSSR count). The lowest BCUT2D eigenvalue weighted by Crippen LogP contribution is -2.01. The van der Waals surface area contributed by atoms with Gasteiger partial charge in [0, 0.05) is 10.6 Å². The Labute approximate surface area is 143 Å². The molecule has 0 aliphatic rings. The first-order valence-electron chi connectivity index (χ1n) is 6.35. The van der Waals surface area contributed by atoms with Crippen LogP contribution in [-0.2, 0) is 6.42 Å². The summed E-state index contributed by atoms with van der Waals surface area (Å²) in [7, 11) is 3.24. The molecule has 0 N–H and O–H groups in total. The van der Waals surface area contributed by atoms with Crippen molar-refractivity contribution in [3.63, 3.8) is 0 Å². The van der Waals surface area contributed by atoms with E-state index in [2.05, 4.69) is 15.9 Å². The van der Waals surface area contributed by atoms with Gasteiger partial charge < -0.3 is 9.47 Å². The van der Waals surface area contributed by atoms with Gasteiger partial charge in [-0.1, -0.05) is 29.8 Å². The summed E-state index contributed by atoms with van der Waals surface area (Å²) in [6, 6.07) is 11.4. The molecule has 112 valence electrons. The quantitative estimate of drug-likeness (QED) is 0.615. The van der Waals surface area contributed by atoms with Gasteiger partial charge in [-0.2, -0.15) is 0 Å². The molecule has 0 saturated carbocycles. The average Bonchev–Trinajstić information content (AvgIpc) is 2.49. The third kappa shape index (κ3) is 3.85. The van der Waals surface area contributed by atoms with E-state index in [4.69, 9.17) is 32.7 Å². The summed E-state index contributed by atoms with van der Waals surface area (Å²) in [6.45, 7) is 0. The van der Waals surface area contributed by atoms with Crippen LogP contribution in [0.2, 0.25) is 5.02 Å². The second-order valence-corrected chi connectivity index (χ2v) is 6.28. The van der Waals surface area contributed by atoms with Crippen molar-refractivity contribution in [2.45, 2.75) is 11.8 Å². The predicted octanol–water partition coefficient (Wildman–Crippen LogP) is 5.64. The molecule has 2 nitrogen and oxygen atoms in total. The minimum Gasteiger partial charge on any atom is -0.496 e. The van der Waals surface area contributed by atoms with Crippen LogP contribution in [0.25, 0.3) is 0 Å². The Morgan fingerprint density at radius 1 is 1.10 bits per heavy atom. The Morgan fingerprint density at radius 2 is 1.76 bits per heavy atom. The van der Waals surface area contributed by atoms with Crippen molar-refractivity contribution in [2.24, 2.45) is 0 Å². The highest BCUT2D eigenvalue weighted by Crippen LogP contribution is 2.39. The molecule has 2 aromatic rings. The van der Waals surface area contributed by atoms with E-state index < -0.39 is 0 Å². The van der Waals surface area contributed by atoms with Gasteiger partial charge in [0.2, 0.25) is 0 Å². The minimum atomic E-state index is -0.262. The molecule has 0 aliphatic heterocycles. The number of methoxy groups -OCH3 is 2. The average molecular weight is 390 g/mol. The van der Waals surface area contributed by atoms with Crippen molar-refractivity contribution in [1.29, 1.82) is 0 Å². The number of rotatable bonds is 5. The summed E-state index contributed by atoms with van der Waals surface area (Å²) in [5, 5.41) is 0.452. The normalized spacial score (nSPS) is 12.0. The monoisotopic (exact) mass is 388 g/mol. The van der Waals surface area contributed by atoms with Crippen LogP contribution >= 0.6 is 39.1 Å². The van der Waals surface area contributed by atoms with Crippen LogP contribution in [0.4, 0.5) is 0 Å². The van der Waals surface area contributed by atoms with E-state index in [1.807, 2.05) is 36.4 Å². The standard InChI is InChI=1S/C16H15BrCl2O2/c1-20-15-9-12(17)16(21-2)8-11(15)14(19)7-10-5-3-4-6-13(10)18/h3-6,8-9,14H,7H2,1-2H3. The van der Waals surface area contributed by atoms with Gasteiger partial charge in [0.05, 0.1) is 24.1 Å². The highest BCUT2D eigenvalue weighted by atomic mass is 79.9. The van der Waals surface area contributed by atoms with E-state index in [0.717, 1.165) is 27.1 Å². The minimum absolute atomic E-state index is 0.262. The van der Waals surface area contributed by atoms with Crippen LogP contribution in [-0.4, -0.2) is 14.2 Å². The van der Waals surface area contributed by atoms with Crippen LogP contribution in [0.5, 0.6) is 11.5 Å². The fraction of sp³-hybridized carbons (Fsp3) is 0.250. The van der Waals surface area contributed by atoms with Crippen LogP contribution in [0, 0.1) is 0 Å². The van der Waals surface area contributed by atoms with Crippen molar-refractivity contribution in [3.8, 4) is 11.5 Å². The van der Waals surface area contributed by atoms with Gasteiger partial charge >= 0.3 is 0 Å². The van der Waals surface area contributed by atoms with Gasteiger partial charge in [-0.3, -0.25) is 0 Å². The third-order valence-corrected chi connectivity index (χ3v) is 4.58. The molecule has 0 bridgehead atoms. The van der Waals surface area contributed by atoms with Crippen LogP contribution < -0.4 is 9.47 Å². The highest BCUT2D eigenvalue weighted by Gasteiger charge is 2.18. The van der Waals surface area contributed by atoms with E-state index in [0.29, 0.717) is 11.4 Å². The molecule has 21 heavy (non-hydrogen) atoms. The lowest BCUT2D eigenvalue weighted by atomic mass is 10.0. The Balaban J connectivity index is 2.34. The lowest BCUT2D eigenvalue weighted by Gasteiger charge is -2.17. The number of halogens is 3. The van der Waals surface area contributed by atoms with Crippen LogP contribution in [0.3, 0.4) is 0 Å². The van der Waals surface area contributed by atoms with E-state index in [-0.39, 0.29) is 5.38 Å². The fourth-order valence-corrected chi connectivity index (χ4v) is 3.13. The summed E-state index contributed by atoms with van der Waals surface area (Å²) in [5.41, 5.74) is 1.88. The first-order chi connectivity index (χ1) is 10.1. The topological polar surface area (TPSA) is 18.5 Å². The van der Waals surface area contributed by atoms with E-state index >= 15 is 0 Å². The molecular formula is C16H15BrCl2O2. The van der Waals surface area contributed by atoms with Crippen molar-refractivity contribution < 1.29 is 9.47 Å². The first kappa shape index (κ1) is 16.5.